The van der Waals surface area contributed by atoms with Gasteiger partial charge in [-0.2, -0.15) is 0 Å². The normalized spacial score (nSPS) is 17.9. The molecule has 3 nitrogen and oxygen atoms in total. The fourth-order valence-corrected chi connectivity index (χ4v) is 2.48. The van der Waals surface area contributed by atoms with Crippen molar-refractivity contribution in [3.63, 3.8) is 0 Å². The second-order valence-corrected chi connectivity index (χ2v) is 5.33. The number of hydrogen-bond donors (Lipinski definition) is 2. The molecule has 92 valence electrons. The molecule has 0 radical (unpaired) electrons. The zero-order valence-electron chi connectivity index (χ0n) is 10.3. The van der Waals surface area contributed by atoms with Crippen molar-refractivity contribution < 1.29 is 4.79 Å². The second-order valence-electron chi connectivity index (χ2n) is 5.33. The lowest BCUT2D eigenvalue weighted by atomic mass is 9.89. The van der Waals surface area contributed by atoms with E-state index < -0.39 is 0 Å². The minimum atomic E-state index is -0.0228. The first-order valence-electron chi connectivity index (χ1n) is 6.23. The van der Waals surface area contributed by atoms with Gasteiger partial charge in [0.15, 0.2) is 0 Å². The number of nitrogens with two attached hydrogens (primary N) is 1. The van der Waals surface area contributed by atoms with Gasteiger partial charge in [0, 0.05) is 17.8 Å². The molecule has 0 aromatic heterocycles. The Balaban J connectivity index is 1.93. The molecular formula is C14H20N2O. The van der Waals surface area contributed by atoms with Crippen LogP contribution in [0.4, 0.5) is 5.69 Å². The van der Waals surface area contributed by atoms with Crippen LogP contribution in [0.1, 0.15) is 43.0 Å². The van der Waals surface area contributed by atoms with E-state index in [2.05, 4.69) is 12.2 Å². The maximum absolute atomic E-state index is 11.9. The Hall–Kier alpha value is -1.51. The number of rotatable bonds is 3. The summed E-state index contributed by atoms with van der Waals surface area (Å²) in [4.78, 5) is 11.9. The lowest BCUT2D eigenvalue weighted by molar-refractivity contribution is 0.0934. The van der Waals surface area contributed by atoms with Gasteiger partial charge in [-0.25, -0.2) is 0 Å². The highest BCUT2D eigenvalue weighted by Crippen LogP contribution is 2.36. The van der Waals surface area contributed by atoms with Crippen molar-refractivity contribution in [3.05, 3.63) is 29.8 Å². The quantitative estimate of drug-likeness (QED) is 0.787. The molecule has 1 saturated carbocycles. The van der Waals surface area contributed by atoms with Crippen molar-refractivity contribution in [2.75, 3.05) is 12.3 Å². The third-order valence-corrected chi connectivity index (χ3v) is 3.64. The van der Waals surface area contributed by atoms with Crippen molar-refractivity contribution in [2.24, 2.45) is 5.41 Å². The molecule has 1 fully saturated rings. The Morgan fingerprint density at radius 3 is 2.76 bits per heavy atom. The molecule has 1 amide bonds. The Morgan fingerprint density at radius 1 is 1.41 bits per heavy atom. The highest BCUT2D eigenvalue weighted by Gasteiger charge is 2.28. The molecule has 3 N–H and O–H groups in total. The molecule has 17 heavy (non-hydrogen) atoms. The lowest BCUT2D eigenvalue weighted by Crippen LogP contribution is -2.34. The monoisotopic (exact) mass is 232 g/mol. The van der Waals surface area contributed by atoms with Crippen LogP contribution in [0.3, 0.4) is 0 Å². The van der Waals surface area contributed by atoms with Crippen molar-refractivity contribution in [3.8, 4) is 0 Å². The van der Waals surface area contributed by atoms with Crippen LogP contribution in [-0.4, -0.2) is 12.5 Å². The van der Waals surface area contributed by atoms with E-state index in [4.69, 9.17) is 5.73 Å². The molecule has 0 spiro atoms. The highest BCUT2D eigenvalue weighted by molar-refractivity contribution is 5.94. The molecule has 0 saturated heterocycles. The average molecular weight is 232 g/mol. The number of carbonyl (C=O) groups excluding carboxylic acids is 1. The minimum Gasteiger partial charge on any atom is -0.399 e. The molecule has 3 heteroatoms. The van der Waals surface area contributed by atoms with E-state index in [1.54, 1.807) is 18.2 Å². The molecule has 0 aliphatic heterocycles. The third-order valence-electron chi connectivity index (χ3n) is 3.64. The van der Waals surface area contributed by atoms with Crippen molar-refractivity contribution in [1.82, 2.24) is 5.32 Å². The molecule has 2 rings (SSSR count). The maximum Gasteiger partial charge on any atom is 0.251 e. The number of amides is 1. The van der Waals surface area contributed by atoms with Gasteiger partial charge in [-0.1, -0.05) is 25.8 Å². The summed E-state index contributed by atoms with van der Waals surface area (Å²) in [5, 5.41) is 3.01. The number of benzene rings is 1. The van der Waals surface area contributed by atoms with Gasteiger partial charge in [-0.15, -0.1) is 0 Å². The smallest absolute Gasteiger partial charge is 0.251 e. The molecule has 1 aromatic carbocycles. The topological polar surface area (TPSA) is 55.1 Å². The van der Waals surface area contributed by atoms with E-state index in [0.717, 1.165) is 6.54 Å². The summed E-state index contributed by atoms with van der Waals surface area (Å²) >= 11 is 0. The SMILES string of the molecule is CC1(CNC(=O)c2cccc(N)c2)CCCC1. The number of carbonyl (C=O) groups is 1. The average Bonchev–Trinajstić information content (AvgIpc) is 2.74. The van der Waals surface area contributed by atoms with E-state index in [1.165, 1.54) is 25.7 Å². The van der Waals surface area contributed by atoms with Crippen LogP contribution in [0.25, 0.3) is 0 Å². The van der Waals surface area contributed by atoms with Gasteiger partial charge in [-0.3, -0.25) is 4.79 Å². The lowest BCUT2D eigenvalue weighted by Gasteiger charge is -2.23. The Labute approximate surface area is 102 Å². The van der Waals surface area contributed by atoms with Gasteiger partial charge in [0.05, 0.1) is 0 Å². The predicted molar refractivity (Wildman–Crippen MR) is 69.8 cm³/mol. The van der Waals surface area contributed by atoms with Crippen LogP contribution >= 0.6 is 0 Å². The molecule has 1 aliphatic rings. The third kappa shape index (κ3) is 2.99. The van der Waals surface area contributed by atoms with E-state index in [1.807, 2.05) is 6.07 Å². The molecule has 0 heterocycles. The summed E-state index contributed by atoms with van der Waals surface area (Å²) < 4.78 is 0. The van der Waals surface area contributed by atoms with Gasteiger partial charge in [-0.05, 0) is 36.5 Å². The Morgan fingerprint density at radius 2 is 2.12 bits per heavy atom. The largest absolute Gasteiger partial charge is 0.399 e. The Kier molecular flexibility index (Phi) is 3.36. The van der Waals surface area contributed by atoms with E-state index in [0.29, 0.717) is 11.3 Å². The molecule has 1 aliphatic carbocycles. The predicted octanol–water partition coefficient (Wildman–Crippen LogP) is 2.58. The zero-order valence-corrected chi connectivity index (χ0v) is 10.3. The van der Waals surface area contributed by atoms with Gasteiger partial charge >= 0.3 is 0 Å². The first-order valence-corrected chi connectivity index (χ1v) is 6.23. The van der Waals surface area contributed by atoms with Crippen LogP contribution in [0.15, 0.2) is 24.3 Å². The van der Waals surface area contributed by atoms with Crippen molar-refractivity contribution in [2.45, 2.75) is 32.6 Å². The number of nitrogens with one attached hydrogen (secondary N) is 1. The first kappa shape index (κ1) is 12.0. The molecule has 1 aromatic rings. The van der Waals surface area contributed by atoms with Crippen molar-refractivity contribution in [1.29, 1.82) is 0 Å². The van der Waals surface area contributed by atoms with Crippen LogP contribution in [0.2, 0.25) is 0 Å². The number of nitrogen functional groups attached to an aromatic ring is 1. The standard InChI is InChI=1S/C14H20N2O/c1-14(7-2-3-8-14)10-16-13(17)11-5-4-6-12(15)9-11/h4-6,9H,2-3,7-8,10,15H2,1H3,(H,16,17). The van der Waals surface area contributed by atoms with Crippen LogP contribution < -0.4 is 11.1 Å². The summed E-state index contributed by atoms with van der Waals surface area (Å²) in [7, 11) is 0. The number of anilines is 1. The maximum atomic E-state index is 11.9. The molecular weight excluding hydrogens is 212 g/mol. The number of hydrogen-bond acceptors (Lipinski definition) is 2. The first-order chi connectivity index (χ1) is 8.09. The van der Waals surface area contributed by atoms with E-state index in [9.17, 15) is 4.79 Å². The fraction of sp³-hybridized carbons (Fsp3) is 0.500. The summed E-state index contributed by atoms with van der Waals surface area (Å²) in [6, 6.07) is 7.10. The van der Waals surface area contributed by atoms with E-state index >= 15 is 0 Å². The van der Waals surface area contributed by atoms with Gasteiger partial charge in [0.1, 0.15) is 0 Å². The van der Waals surface area contributed by atoms with Crippen LogP contribution in [0.5, 0.6) is 0 Å². The Bertz CT molecular complexity index is 408. The summed E-state index contributed by atoms with van der Waals surface area (Å²) in [5.41, 5.74) is 7.22. The van der Waals surface area contributed by atoms with E-state index in [-0.39, 0.29) is 11.3 Å². The van der Waals surface area contributed by atoms with Crippen molar-refractivity contribution >= 4 is 11.6 Å². The summed E-state index contributed by atoms with van der Waals surface area (Å²) in [6.45, 7) is 3.01. The summed E-state index contributed by atoms with van der Waals surface area (Å²) in [5.74, 6) is -0.0228. The zero-order chi connectivity index (χ0) is 12.3. The second kappa shape index (κ2) is 4.78. The highest BCUT2D eigenvalue weighted by atomic mass is 16.1. The molecule has 0 atom stereocenters. The van der Waals surface area contributed by atoms with Gasteiger partial charge in [0.25, 0.3) is 5.91 Å². The fourth-order valence-electron chi connectivity index (χ4n) is 2.48. The van der Waals surface area contributed by atoms with Crippen LogP contribution in [-0.2, 0) is 0 Å². The minimum absolute atomic E-state index is 0.0228. The van der Waals surface area contributed by atoms with Crippen LogP contribution in [0, 0.1) is 5.41 Å². The summed E-state index contributed by atoms with van der Waals surface area (Å²) in [6.07, 6.45) is 4.99. The van der Waals surface area contributed by atoms with Gasteiger partial charge in [0.2, 0.25) is 0 Å². The van der Waals surface area contributed by atoms with Gasteiger partial charge < -0.3 is 11.1 Å². The molecule has 0 unspecified atom stereocenters. The molecule has 0 bridgehead atoms.